The molecule has 2 N–H and O–H groups in total. The van der Waals surface area contributed by atoms with Crippen LogP contribution in [0.3, 0.4) is 0 Å². The number of H-pyrrole nitrogens is 1. The summed E-state index contributed by atoms with van der Waals surface area (Å²) in [5.74, 6) is 0. The van der Waals surface area contributed by atoms with Gasteiger partial charge in [0.05, 0.1) is 0 Å². The number of hydrogen-bond donors (Lipinski definition) is 2. The highest BCUT2D eigenvalue weighted by Gasteiger charge is 1.94. The molecule has 0 unspecified atom stereocenters. The largest absolute Gasteiger partial charge is 0.354 e. The number of carbonyl (C=O) groups is 1. The zero-order valence-electron chi connectivity index (χ0n) is 5.83. The Bertz CT molecular complexity index is 292. The number of aromatic amines is 1. The molecule has 1 heterocycles. The third-order valence-corrected chi connectivity index (χ3v) is 1.28. The minimum absolute atomic E-state index is 0.165. The van der Waals surface area contributed by atoms with E-state index < -0.39 is 0 Å². The fourth-order valence-corrected chi connectivity index (χ4v) is 0.747. The van der Waals surface area contributed by atoms with Crippen molar-refractivity contribution < 1.29 is 4.79 Å². The molecular formula is C7H8N2O2. The van der Waals surface area contributed by atoms with Gasteiger partial charge in [0, 0.05) is 18.3 Å². The highest BCUT2D eigenvalue weighted by atomic mass is 16.1. The SMILES string of the molecule is O=CNCc1ccc[nH]c1=O. The fraction of sp³-hybridized carbons (Fsp3) is 0.143. The summed E-state index contributed by atoms with van der Waals surface area (Å²) in [6.45, 7) is 0.277. The van der Waals surface area contributed by atoms with Crippen LogP contribution in [0.25, 0.3) is 0 Å². The van der Waals surface area contributed by atoms with Crippen LogP contribution in [-0.2, 0) is 11.3 Å². The van der Waals surface area contributed by atoms with Crippen LogP contribution in [0.4, 0.5) is 0 Å². The second kappa shape index (κ2) is 3.55. The number of pyridine rings is 1. The minimum atomic E-state index is -0.165. The van der Waals surface area contributed by atoms with Gasteiger partial charge in [0.1, 0.15) is 0 Å². The van der Waals surface area contributed by atoms with Crippen LogP contribution in [0.15, 0.2) is 23.1 Å². The maximum absolute atomic E-state index is 10.9. The van der Waals surface area contributed by atoms with Crippen molar-refractivity contribution in [2.45, 2.75) is 6.54 Å². The molecule has 0 fully saturated rings. The lowest BCUT2D eigenvalue weighted by molar-refractivity contribution is -0.109. The molecule has 0 saturated carbocycles. The molecule has 1 aromatic rings. The predicted molar refractivity (Wildman–Crippen MR) is 40.0 cm³/mol. The monoisotopic (exact) mass is 152 g/mol. The van der Waals surface area contributed by atoms with Crippen LogP contribution in [0.2, 0.25) is 0 Å². The molecular weight excluding hydrogens is 144 g/mol. The maximum atomic E-state index is 10.9. The third kappa shape index (κ3) is 1.93. The van der Waals surface area contributed by atoms with Crippen LogP contribution in [0, 0.1) is 0 Å². The fourth-order valence-electron chi connectivity index (χ4n) is 0.747. The van der Waals surface area contributed by atoms with E-state index in [4.69, 9.17) is 0 Å². The van der Waals surface area contributed by atoms with Crippen molar-refractivity contribution in [2.75, 3.05) is 0 Å². The Labute approximate surface area is 63.3 Å². The third-order valence-electron chi connectivity index (χ3n) is 1.28. The van der Waals surface area contributed by atoms with E-state index in [1.165, 1.54) is 0 Å². The summed E-state index contributed by atoms with van der Waals surface area (Å²) in [5, 5.41) is 2.40. The normalized spacial score (nSPS) is 9.09. The van der Waals surface area contributed by atoms with Crippen molar-refractivity contribution in [1.29, 1.82) is 0 Å². The molecule has 0 atom stereocenters. The lowest BCUT2D eigenvalue weighted by Crippen LogP contribution is -2.18. The van der Waals surface area contributed by atoms with Crippen molar-refractivity contribution in [3.8, 4) is 0 Å². The molecule has 1 amide bonds. The van der Waals surface area contributed by atoms with Crippen LogP contribution >= 0.6 is 0 Å². The number of hydrogen-bond acceptors (Lipinski definition) is 2. The number of rotatable bonds is 3. The highest BCUT2D eigenvalue weighted by molar-refractivity contribution is 5.46. The maximum Gasteiger partial charge on any atom is 0.252 e. The number of carbonyl (C=O) groups excluding carboxylic acids is 1. The van der Waals surface area contributed by atoms with Crippen LogP contribution in [0.1, 0.15) is 5.56 Å². The van der Waals surface area contributed by atoms with Gasteiger partial charge in [-0.25, -0.2) is 0 Å². The molecule has 11 heavy (non-hydrogen) atoms. The van der Waals surface area contributed by atoms with Gasteiger partial charge in [-0.1, -0.05) is 6.07 Å². The zero-order chi connectivity index (χ0) is 8.10. The summed E-state index contributed by atoms with van der Waals surface area (Å²) in [6.07, 6.45) is 2.11. The van der Waals surface area contributed by atoms with E-state index in [-0.39, 0.29) is 12.1 Å². The van der Waals surface area contributed by atoms with Crippen molar-refractivity contribution in [2.24, 2.45) is 0 Å². The Morgan fingerprint density at radius 2 is 2.45 bits per heavy atom. The summed E-state index contributed by atoms with van der Waals surface area (Å²) in [4.78, 5) is 23.3. The van der Waals surface area contributed by atoms with Crippen LogP contribution in [-0.4, -0.2) is 11.4 Å². The van der Waals surface area contributed by atoms with Gasteiger partial charge < -0.3 is 10.3 Å². The molecule has 0 saturated heterocycles. The van der Waals surface area contributed by atoms with E-state index >= 15 is 0 Å². The molecule has 0 spiro atoms. The van der Waals surface area contributed by atoms with E-state index in [9.17, 15) is 9.59 Å². The first-order valence-electron chi connectivity index (χ1n) is 3.18. The van der Waals surface area contributed by atoms with Crippen molar-refractivity contribution in [3.63, 3.8) is 0 Å². The minimum Gasteiger partial charge on any atom is -0.354 e. The smallest absolute Gasteiger partial charge is 0.252 e. The molecule has 0 aliphatic rings. The van der Waals surface area contributed by atoms with Crippen molar-refractivity contribution >= 4 is 6.41 Å². The Balaban J connectivity index is 2.78. The number of nitrogens with one attached hydrogen (secondary N) is 2. The van der Waals surface area contributed by atoms with Gasteiger partial charge in [-0.3, -0.25) is 9.59 Å². The van der Waals surface area contributed by atoms with E-state index in [1.807, 2.05) is 0 Å². The number of amides is 1. The molecule has 0 aliphatic carbocycles. The van der Waals surface area contributed by atoms with Gasteiger partial charge in [0.15, 0.2) is 0 Å². The van der Waals surface area contributed by atoms with Crippen LogP contribution < -0.4 is 10.9 Å². The van der Waals surface area contributed by atoms with Gasteiger partial charge in [0.2, 0.25) is 6.41 Å². The summed E-state index contributed by atoms with van der Waals surface area (Å²) >= 11 is 0. The Morgan fingerprint density at radius 1 is 1.64 bits per heavy atom. The molecule has 0 radical (unpaired) electrons. The molecule has 0 aromatic carbocycles. The Morgan fingerprint density at radius 3 is 3.09 bits per heavy atom. The topological polar surface area (TPSA) is 62.0 Å². The number of aromatic nitrogens is 1. The molecule has 0 aliphatic heterocycles. The molecule has 1 rings (SSSR count). The van der Waals surface area contributed by atoms with Crippen molar-refractivity contribution in [1.82, 2.24) is 10.3 Å². The first-order chi connectivity index (χ1) is 5.34. The van der Waals surface area contributed by atoms with E-state index in [1.54, 1.807) is 18.3 Å². The Kier molecular flexibility index (Phi) is 2.43. The van der Waals surface area contributed by atoms with Crippen molar-refractivity contribution in [3.05, 3.63) is 34.2 Å². The lowest BCUT2D eigenvalue weighted by atomic mass is 10.3. The van der Waals surface area contributed by atoms with E-state index in [0.717, 1.165) is 0 Å². The Hall–Kier alpha value is -1.58. The molecule has 4 heteroatoms. The van der Waals surface area contributed by atoms with Crippen LogP contribution in [0.5, 0.6) is 0 Å². The van der Waals surface area contributed by atoms with E-state index in [0.29, 0.717) is 12.0 Å². The summed E-state index contributed by atoms with van der Waals surface area (Å²) in [6, 6.07) is 3.37. The van der Waals surface area contributed by atoms with Gasteiger partial charge in [-0.05, 0) is 6.07 Å². The summed E-state index contributed by atoms with van der Waals surface area (Å²) in [7, 11) is 0. The lowest BCUT2D eigenvalue weighted by Gasteiger charge is -1.95. The second-order valence-corrected chi connectivity index (χ2v) is 2.02. The van der Waals surface area contributed by atoms with Gasteiger partial charge in [-0.15, -0.1) is 0 Å². The molecule has 58 valence electrons. The summed E-state index contributed by atoms with van der Waals surface area (Å²) < 4.78 is 0. The van der Waals surface area contributed by atoms with E-state index in [2.05, 4.69) is 10.3 Å². The summed E-state index contributed by atoms with van der Waals surface area (Å²) in [5.41, 5.74) is 0.390. The van der Waals surface area contributed by atoms with Gasteiger partial charge in [-0.2, -0.15) is 0 Å². The molecule has 4 nitrogen and oxygen atoms in total. The standard InChI is InChI=1S/C7H8N2O2/c10-5-8-4-6-2-1-3-9-7(6)11/h1-3,5H,4H2,(H,8,10)(H,9,11). The van der Waals surface area contributed by atoms with Gasteiger partial charge >= 0.3 is 0 Å². The highest BCUT2D eigenvalue weighted by Crippen LogP contribution is 1.85. The van der Waals surface area contributed by atoms with Gasteiger partial charge in [0.25, 0.3) is 5.56 Å². The zero-order valence-corrected chi connectivity index (χ0v) is 5.83. The average molecular weight is 152 g/mol. The molecule has 1 aromatic heterocycles. The predicted octanol–water partition coefficient (Wildman–Crippen LogP) is -0.379. The first-order valence-corrected chi connectivity index (χ1v) is 3.18. The molecule has 0 bridgehead atoms. The first kappa shape index (κ1) is 7.53. The second-order valence-electron chi connectivity index (χ2n) is 2.02. The quantitative estimate of drug-likeness (QED) is 0.580. The average Bonchev–Trinajstić information content (AvgIpc) is 2.03.